The van der Waals surface area contributed by atoms with Gasteiger partial charge in [-0.25, -0.2) is 4.39 Å². The van der Waals surface area contributed by atoms with E-state index < -0.39 is 0 Å². The molecule has 1 aromatic carbocycles. The molecule has 164 valence electrons. The Labute approximate surface area is 198 Å². The lowest BCUT2D eigenvalue weighted by molar-refractivity contribution is 0.168. The van der Waals surface area contributed by atoms with Crippen molar-refractivity contribution in [2.45, 2.75) is 38.8 Å². The van der Waals surface area contributed by atoms with Gasteiger partial charge in [-0.05, 0) is 32.4 Å². The molecule has 1 aliphatic heterocycles. The van der Waals surface area contributed by atoms with E-state index in [-0.39, 0.29) is 41.8 Å². The zero-order valence-corrected chi connectivity index (χ0v) is 20.4. The molecule has 1 N–H and O–H groups in total. The Morgan fingerprint density at radius 2 is 2.10 bits per heavy atom. The number of halogens is 3. The SMILES string of the molecule is CCN=C(NC1CC1c1c(F)cccc1Cl)N1CCN(Cc2cc(C)on2)CC1.I. The lowest BCUT2D eigenvalue weighted by Crippen LogP contribution is -2.52. The second kappa shape index (κ2) is 10.3. The molecule has 2 atom stereocenters. The molecule has 9 heteroatoms. The van der Waals surface area contributed by atoms with E-state index in [1.165, 1.54) is 6.07 Å². The summed E-state index contributed by atoms with van der Waals surface area (Å²) in [5.74, 6) is 1.62. The maximum atomic E-state index is 14.2. The van der Waals surface area contributed by atoms with Crippen LogP contribution in [0.25, 0.3) is 0 Å². The number of nitrogens with zero attached hydrogens (tertiary/aromatic N) is 4. The van der Waals surface area contributed by atoms with Crippen molar-refractivity contribution in [3.8, 4) is 0 Å². The highest BCUT2D eigenvalue weighted by Gasteiger charge is 2.42. The molecule has 1 saturated heterocycles. The summed E-state index contributed by atoms with van der Waals surface area (Å²) >= 11 is 6.23. The number of hydrogen-bond acceptors (Lipinski definition) is 4. The van der Waals surface area contributed by atoms with Crippen LogP contribution in [0.3, 0.4) is 0 Å². The quantitative estimate of drug-likeness (QED) is 0.348. The van der Waals surface area contributed by atoms with E-state index in [1.54, 1.807) is 12.1 Å². The lowest BCUT2D eigenvalue weighted by atomic mass is 10.1. The van der Waals surface area contributed by atoms with Crippen molar-refractivity contribution >= 4 is 41.5 Å². The maximum Gasteiger partial charge on any atom is 0.194 e. The van der Waals surface area contributed by atoms with Crippen molar-refractivity contribution in [2.24, 2.45) is 4.99 Å². The molecule has 1 saturated carbocycles. The minimum atomic E-state index is -0.225. The second-order valence-electron chi connectivity index (χ2n) is 7.72. The van der Waals surface area contributed by atoms with Gasteiger partial charge in [0.2, 0.25) is 0 Å². The minimum Gasteiger partial charge on any atom is -0.361 e. The summed E-state index contributed by atoms with van der Waals surface area (Å²) in [4.78, 5) is 9.33. The zero-order chi connectivity index (χ0) is 20.4. The van der Waals surface area contributed by atoms with E-state index in [4.69, 9.17) is 16.1 Å². The summed E-state index contributed by atoms with van der Waals surface area (Å²) in [5, 5.41) is 8.13. The molecule has 0 amide bonds. The fourth-order valence-corrected chi connectivity index (χ4v) is 4.23. The van der Waals surface area contributed by atoms with Crippen LogP contribution in [0, 0.1) is 12.7 Å². The molecule has 6 nitrogen and oxygen atoms in total. The van der Waals surface area contributed by atoms with Crippen molar-refractivity contribution in [3.05, 3.63) is 52.1 Å². The van der Waals surface area contributed by atoms with Crippen LogP contribution < -0.4 is 5.32 Å². The third-order valence-electron chi connectivity index (χ3n) is 5.52. The largest absolute Gasteiger partial charge is 0.361 e. The minimum absolute atomic E-state index is 0. The Morgan fingerprint density at radius 1 is 1.33 bits per heavy atom. The Kier molecular flexibility index (Phi) is 7.98. The van der Waals surface area contributed by atoms with Crippen molar-refractivity contribution in [2.75, 3.05) is 32.7 Å². The van der Waals surface area contributed by atoms with E-state index in [1.807, 2.05) is 19.9 Å². The summed E-state index contributed by atoms with van der Waals surface area (Å²) in [6.07, 6.45) is 0.870. The van der Waals surface area contributed by atoms with Crippen LogP contribution in [0.5, 0.6) is 0 Å². The first kappa shape index (κ1) is 23.3. The molecule has 1 aliphatic carbocycles. The first-order valence-electron chi connectivity index (χ1n) is 10.2. The number of nitrogens with one attached hydrogen (secondary N) is 1. The molecular formula is C21H28ClFIN5O. The smallest absolute Gasteiger partial charge is 0.194 e. The number of benzene rings is 1. The van der Waals surface area contributed by atoms with E-state index >= 15 is 0 Å². The topological polar surface area (TPSA) is 56.9 Å². The lowest BCUT2D eigenvalue weighted by Gasteiger charge is -2.36. The fourth-order valence-electron chi connectivity index (χ4n) is 3.93. The highest BCUT2D eigenvalue weighted by atomic mass is 127. The van der Waals surface area contributed by atoms with Gasteiger partial charge in [-0.3, -0.25) is 9.89 Å². The molecule has 30 heavy (non-hydrogen) atoms. The predicted molar refractivity (Wildman–Crippen MR) is 127 cm³/mol. The van der Waals surface area contributed by atoms with Crippen LogP contribution in [0.1, 0.15) is 36.3 Å². The van der Waals surface area contributed by atoms with Crippen LogP contribution in [0.2, 0.25) is 5.02 Å². The van der Waals surface area contributed by atoms with Gasteiger partial charge in [0.05, 0.1) is 5.69 Å². The average molecular weight is 548 g/mol. The van der Waals surface area contributed by atoms with Crippen LogP contribution in [-0.2, 0) is 6.54 Å². The van der Waals surface area contributed by atoms with Crippen LogP contribution in [0.4, 0.5) is 4.39 Å². The number of piperazine rings is 1. The highest BCUT2D eigenvalue weighted by Crippen LogP contribution is 2.45. The molecule has 2 aliphatic rings. The number of rotatable bonds is 5. The monoisotopic (exact) mass is 547 g/mol. The van der Waals surface area contributed by atoms with Gasteiger partial charge in [-0.2, -0.15) is 0 Å². The number of hydrogen-bond donors (Lipinski definition) is 1. The van der Waals surface area contributed by atoms with Gasteiger partial charge in [-0.15, -0.1) is 24.0 Å². The van der Waals surface area contributed by atoms with Gasteiger partial charge in [-0.1, -0.05) is 22.8 Å². The zero-order valence-electron chi connectivity index (χ0n) is 17.3. The van der Waals surface area contributed by atoms with E-state index in [2.05, 4.69) is 25.3 Å². The van der Waals surface area contributed by atoms with Gasteiger partial charge in [0.15, 0.2) is 5.96 Å². The fraction of sp³-hybridized carbons (Fsp3) is 0.524. The van der Waals surface area contributed by atoms with E-state index in [9.17, 15) is 4.39 Å². The summed E-state index contributed by atoms with van der Waals surface area (Å²) < 4.78 is 19.4. The average Bonchev–Trinajstić information content (AvgIpc) is 3.32. The Bertz CT molecular complexity index is 864. The van der Waals surface area contributed by atoms with Gasteiger partial charge >= 0.3 is 0 Å². The standard InChI is InChI=1S/C21H27ClFN5O.HI/c1-3-24-21(25-19-12-16(19)20-17(22)5-4-6-18(20)23)28-9-7-27(8-10-28)13-15-11-14(2)29-26-15;/h4-6,11,16,19H,3,7-10,12-13H2,1-2H3,(H,24,25);1H. The van der Waals surface area contributed by atoms with Crippen molar-refractivity contribution in [1.82, 2.24) is 20.3 Å². The third kappa shape index (κ3) is 5.45. The summed E-state index contributed by atoms with van der Waals surface area (Å²) in [6, 6.07) is 7.04. The first-order chi connectivity index (χ1) is 14.0. The molecule has 0 spiro atoms. The summed E-state index contributed by atoms with van der Waals surface area (Å²) in [7, 11) is 0. The molecule has 4 rings (SSSR count). The number of aliphatic imine (C=N–C) groups is 1. The first-order valence-corrected chi connectivity index (χ1v) is 10.6. The predicted octanol–water partition coefficient (Wildman–Crippen LogP) is 4.03. The molecular weight excluding hydrogens is 520 g/mol. The number of aryl methyl sites for hydroxylation is 1. The molecule has 2 aromatic rings. The second-order valence-corrected chi connectivity index (χ2v) is 8.13. The molecule has 2 fully saturated rings. The Balaban J connectivity index is 0.00000256. The Morgan fingerprint density at radius 3 is 2.73 bits per heavy atom. The van der Waals surface area contributed by atoms with Crippen molar-refractivity contribution < 1.29 is 8.91 Å². The number of aromatic nitrogens is 1. The van der Waals surface area contributed by atoms with Crippen molar-refractivity contribution in [1.29, 1.82) is 0 Å². The molecule has 0 bridgehead atoms. The molecule has 1 aromatic heterocycles. The molecule has 0 radical (unpaired) electrons. The Hall–Kier alpha value is -1.39. The summed E-state index contributed by atoms with van der Waals surface area (Å²) in [5.41, 5.74) is 1.59. The van der Waals surface area contributed by atoms with Crippen LogP contribution in [-0.4, -0.2) is 59.7 Å². The summed E-state index contributed by atoms with van der Waals surface area (Å²) in [6.45, 7) is 9.10. The molecule has 2 heterocycles. The normalized spacial score (nSPS) is 22.0. The third-order valence-corrected chi connectivity index (χ3v) is 5.85. The van der Waals surface area contributed by atoms with Gasteiger partial charge in [0, 0.05) is 67.9 Å². The van der Waals surface area contributed by atoms with E-state index in [0.29, 0.717) is 17.1 Å². The highest BCUT2D eigenvalue weighted by molar-refractivity contribution is 14.0. The van der Waals surface area contributed by atoms with E-state index in [0.717, 1.165) is 56.6 Å². The van der Waals surface area contributed by atoms with Gasteiger partial charge < -0.3 is 14.7 Å². The van der Waals surface area contributed by atoms with Crippen LogP contribution >= 0.6 is 35.6 Å². The van der Waals surface area contributed by atoms with Gasteiger partial charge in [0.1, 0.15) is 11.6 Å². The van der Waals surface area contributed by atoms with Gasteiger partial charge in [0.25, 0.3) is 0 Å². The maximum absolute atomic E-state index is 14.2. The molecule has 2 unspecified atom stereocenters. The number of guanidine groups is 1. The van der Waals surface area contributed by atoms with Crippen molar-refractivity contribution in [3.63, 3.8) is 0 Å². The van der Waals surface area contributed by atoms with Crippen LogP contribution in [0.15, 0.2) is 33.8 Å².